The predicted octanol–water partition coefficient (Wildman–Crippen LogP) is 1.91. The highest BCUT2D eigenvalue weighted by Gasteiger charge is 2.36. The van der Waals surface area contributed by atoms with Crippen LogP contribution in [0, 0.1) is 17.0 Å². The molecule has 0 unspecified atom stereocenters. The number of aryl methyl sites for hydroxylation is 1. The maximum atomic E-state index is 12.1. The van der Waals surface area contributed by atoms with Gasteiger partial charge in [0.1, 0.15) is 0 Å². The molecule has 0 amide bonds. The van der Waals surface area contributed by atoms with Gasteiger partial charge in [-0.05, 0) is 17.9 Å². The minimum Gasteiger partial charge on any atom is -0.469 e. The number of aromatic nitrogens is 1. The van der Waals surface area contributed by atoms with Gasteiger partial charge < -0.3 is 19.6 Å². The quantitative estimate of drug-likeness (QED) is 0.478. The molecule has 1 aromatic heterocycles. The number of hydrogen-bond donors (Lipinski definition) is 0. The standard InChI is InChI=1S/C10H9F3N2O5/c1-5-3-6(4-7(16)19-2)8(15(17)18)14-9(5)20-10(11,12)13/h3H,4H2,1-2H3. The number of methoxy groups -OCH3 is 1. The molecule has 0 atom stereocenters. The van der Waals surface area contributed by atoms with Crippen molar-refractivity contribution in [1.82, 2.24) is 4.98 Å². The first-order valence-corrected chi connectivity index (χ1v) is 5.11. The van der Waals surface area contributed by atoms with Gasteiger partial charge in [0.25, 0.3) is 0 Å². The zero-order chi connectivity index (χ0) is 15.5. The molecule has 0 aromatic carbocycles. The Morgan fingerprint density at radius 3 is 2.55 bits per heavy atom. The Morgan fingerprint density at radius 1 is 1.50 bits per heavy atom. The molecule has 110 valence electrons. The third-order valence-corrected chi connectivity index (χ3v) is 2.17. The van der Waals surface area contributed by atoms with Crippen molar-refractivity contribution >= 4 is 11.8 Å². The summed E-state index contributed by atoms with van der Waals surface area (Å²) in [7, 11) is 1.08. The van der Waals surface area contributed by atoms with Crippen LogP contribution in [0.4, 0.5) is 19.0 Å². The largest absolute Gasteiger partial charge is 0.575 e. The van der Waals surface area contributed by atoms with Crippen LogP contribution in [0.5, 0.6) is 5.88 Å². The highest BCUT2D eigenvalue weighted by Crippen LogP contribution is 2.29. The fraction of sp³-hybridized carbons (Fsp3) is 0.400. The van der Waals surface area contributed by atoms with Crippen LogP contribution in [0.25, 0.3) is 0 Å². The first-order chi connectivity index (χ1) is 9.14. The van der Waals surface area contributed by atoms with Crippen molar-refractivity contribution in [1.29, 1.82) is 0 Å². The average molecular weight is 294 g/mol. The lowest BCUT2D eigenvalue weighted by Gasteiger charge is -2.09. The topological polar surface area (TPSA) is 91.6 Å². The van der Waals surface area contributed by atoms with E-state index in [-0.39, 0.29) is 11.1 Å². The molecule has 1 aromatic rings. The molecule has 0 aliphatic heterocycles. The van der Waals surface area contributed by atoms with Crippen molar-refractivity contribution < 1.29 is 32.4 Å². The summed E-state index contributed by atoms with van der Waals surface area (Å²) < 4.78 is 44.3. The van der Waals surface area contributed by atoms with Crippen molar-refractivity contribution in [2.45, 2.75) is 19.7 Å². The molecule has 0 radical (unpaired) electrons. The van der Waals surface area contributed by atoms with Gasteiger partial charge >= 0.3 is 24.0 Å². The second kappa shape index (κ2) is 5.72. The van der Waals surface area contributed by atoms with Gasteiger partial charge in [0.05, 0.1) is 19.1 Å². The summed E-state index contributed by atoms with van der Waals surface area (Å²) in [5.74, 6) is -2.60. The Labute approximate surface area is 110 Å². The number of carbonyl (C=O) groups excluding carboxylic acids is 1. The zero-order valence-electron chi connectivity index (χ0n) is 10.4. The van der Waals surface area contributed by atoms with Crippen molar-refractivity contribution in [3.05, 3.63) is 27.3 Å². The number of esters is 1. The van der Waals surface area contributed by atoms with Gasteiger partial charge in [-0.15, -0.1) is 13.2 Å². The van der Waals surface area contributed by atoms with Crippen LogP contribution in [-0.2, 0) is 16.0 Å². The molecule has 0 fully saturated rings. The van der Waals surface area contributed by atoms with E-state index in [1.54, 1.807) is 0 Å². The number of pyridine rings is 1. The molecular formula is C10H9F3N2O5. The molecule has 0 N–H and O–H groups in total. The smallest absolute Gasteiger partial charge is 0.469 e. The van der Waals surface area contributed by atoms with Crippen LogP contribution in [0.1, 0.15) is 11.1 Å². The van der Waals surface area contributed by atoms with Crippen LogP contribution in [0.3, 0.4) is 0 Å². The summed E-state index contributed by atoms with van der Waals surface area (Å²) in [5, 5.41) is 10.8. The second-order valence-corrected chi connectivity index (χ2v) is 3.65. The molecule has 0 aliphatic carbocycles. The molecular weight excluding hydrogens is 285 g/mol. The Bertz CT molecular complexity index is 544. The van der Waals surface area contributed by atoms with Gasteiger partial charge in [0.2, 0.25) is 0 Å². The fourth-order valence-corrected chi connectivity index (χ4v) is 1.37. The van der Waals surface area contributed by atoms with Gasteiger partial charge in [-0.25, -0.2) is 0 Å². The van der Waals surface area contributed by atoms with Crippen LogP contribution < -0.4 is 4.74 Å². The number of rotatable bonds is 4. The lowest BCUT2D eigenvalue weighted by Crippen LogP contribution is -2.19. The number of nitrogens with zero attached hydrogens (tertiary/aromatic N) is 2. The van der Waals surface area contributed by atoms with Gasteiger partial charge in [-0.3, -0.25) is 4.79 Å². The van der Waals surface area contributed by atoms with Crippen LogP contribution >= 0.6 is 0 Å². The lowest BCUT2D eigenvalue weighted by molar-refractivity contribution is -0.390. The van der Waals surface area contributed by atoms with Crippen molar-refractivity contribution in [2.75, 3.05) is 7.11 Å². The first-order valence-electron chi connectivity index (χ1n) is 5.11. The molecule has 0 bridgehead atoms. The third-order valence-electron chi connectivity index (χ3n) is 2.17. The van der Waals surface area contributed by atoms with Crippen molar-refractivity contribution in [3.8, 4) is 5.88 Å². The summed E-state index contributed by atoms with van der Waals surface area (Å²) in [6.07, 6.45) is -5.50. The van der Waals surface area contributed by atoms with Crippen LogP contribution in [-0.4, -0.2) is 29.3 Å². The number of nitro groups is 1. The molecule has 0 aliphatic rings. The molecule has 0 saturated carbocycles. The van der Waals surface area contributed by atoms with E-state index in [1.165, 1.54) is 6.92 Å². The SMILES string of the molecule is COC(=O)Cc1cc(C)c(OC(F)(F)F)nc1[N+](=O)[O-]. The zero-order valence-corrected chi connectivity index (χ0v) is 10.4. The summed E-state index contributed by atoms with van der Waals surface area (Å²) in [4.78, 5) is 24.1. The predicted molar refractivity (Wildman–Crippen MR) is 58.0 cm³/mol. The van der Waals surface area contributed by atoms with Crippen LogP contribution in [0.15, 0.2) is 6.07 Å². The van der Waals surface area contributed by atoms with Crippen molar-refractivity contribution in [3.63, 3.8) is 0 Å². The minimum absolute atomic E-state index is 0.0909. The number of halogens is 3. The van der Waals surface area contributed by atoms with Gasteiger partial charge in [-0.2, -0.15) is 0 Å². The number of alkyl halides is 3. The van der Waals surface area contributed by atoms with Gasteiger partial charge in [0.15, 0.2) is 0 Å². The number of ether oxygens (including phenoxy) is 2. The summed E-state index contributed by atoms with van der Waals surface area (Å²) in [6, 6.07) is 1.03. The maximum absolute atomic E-state index is 12.1. The Kier molecular flexibility index (Phi) is 4.48. The molecule has 0 spiro atoms. The average Bonchev–Trinajstić information content (AvgIpc) is 2.30. The highest BCUT2D eigenvalue weighted by atomic mass is 19.4. The van der Waals surface area contributed by atoms with E-state index >= 15 is 0 Å². The van der Waals surface area contributed by atoms with E-state index in [4.69, 9.17) is 0 Å². The molecule has 7 nitrogen and oxygen atoms in total. The van der Waals surface area contributed by atoms with E-state index in [9.17, 15) is 28.1 Å². The van der Waals surface area contributed by atoms with Crippen molar-refractivity contribution in [2.24, 2.45) is 0 Å². The van der Waals surface area contributed by atoms with E-state index < -0.39 is 35.4 Å². The number of hydrogen-bond acceptors (Lipinski definition) is 6. The first kappa shape index (κ1) is 15.7. The molecule has 1 heterocycles. The fourth-order valence-electron chi connectivity index (χ4n) is 1.37. The lowest BCUT2D eigenvalue weighted by atomic mass is 10.1. The van der Waals surface area contributed by atoms with Gasteiger partial charge in [-0.1, -0.05) is 0 Å². The molecule has 20 heavy (non-hydrogen) atoms. The third kappa shape index (κ3) is 4.07. The number of carbonyl (C=O) groups is 1. The van der Waals surface area contributed by atoms with E-state index in [1.807, 2.05) is 0 Å². The van der Waals surface area contributed by atoms with Gasteiger partial charge in [0, 0.05) is 10.5 Å². The Balaban J connectivity index is 3.24. The highest BCUT2D eigenvalue weighted by molar-refractivity contribution is 5.73. The Morgan fingerprint density at radius 2 is 2.10 bits per heavy atom. The van der Waals surface area contributed by atoms with Crippen LogP contribution in [0.2, 0.25) is 0 Å². The normalized spacial score (nSPS) is 11.1. The minimum atomic E-state index is -5.02. The maximum Gasteiger partial charge on any atom is 0.575 e. The van der Waals surface area contributed by atoms with E-state index in [0.717, 1.165) is 13.2 Å². The molecule has 0 saturated heterocycles. The monoisotopic (exact) mass is 294 g/mol. The van der Waals surface area contributed by atoms with E-state index in [2.05, 4.69) is 14.5 Å². The molecule has 10 heteroatoms. The summed E-state index contributed by atoms with van der Waals surface area (Å²) in [6.45, 7) is 1.22. The summed E-state index contributed by atoms with van der Waals surface area (Å²) >= 11 is 0. The second-order valence-electron chi connectivity index (χ2n) is 3.65. The van der Waals surface area contributed by atoms with E-state index in [0.29, 0.717) is 0 Å². The molecule has 1 rings (SSSR count). The summed E-state index contributed by atoms with van der Waals surface area (Å²) in [5.41, 5.74) is -0.249. The Hall–Kier alpha value is -2.39.